The van der Waals surface area contributed by atoms with E-state index in [-0.39, 0.29) is 11.9 Å². The van der Waals surface area contributed by atoms with Crippen LogP contribution in [0.5, 0.6) is 0 Å². The van der Waals surface area contributed by atoms with E-state index < -0.39 is 0 Å². The molecule has 1 N–H and O–H groups in total. The number of benzene rings is 1. The summed E-state index contributed by atoms with van der Waals surface area (Å²) in [5, 5.41) is 10.9. The van der Waals surface area contributed by atoms with Gasteiger partial charge in [-0.2, -0.15) is 0 Å². The maximum absolute atomic E-state index is 14.1. The van der Waals surface area contributed by atoms with Crippen LogP contribution in [0.15, 0.2) is 27.3 Å². The maximum atomic E-state index is 14.1. The molecule has 0 spiro atoms. The Morgan fingerprint density at radius 2 is 2.11 bits per heavy atom. The van der Waals surface area contributed by atoms with Crippen LogP contribution in [0, 0.1) is 5.82 Å². The lowest BCUT2D eigenvalue weighted by molar-refractivity contribution is 0.545. The first-order chi connectivity index (χ1) is 8.56. The van der Waals surface area contributed by atoms with Crippen molar-refractivity contribution >= 4 is 31.9 Å². The summed E-state index contributed by atoms with van der Waals surface area (Å²) in [6.45, 7) is 0. The number of nitrogens with one attached hydrogen (secondary N) is 1. The van der Waals surface area contributed by atoms with Gasteiger partial charge in [0.05, 0.1) is 16.2 Å². The highest BCUT2D eigenvalue weighted by molar-refractivity contribution is 9.10. The molecule has 96 valence electrons. The van der Waals surface area contributed by atoms with Crippen molar-refractivity contribution < 1.29 is 4.39 Å². The highest BCUT2D eigenvalue weighted by Crippen LogP contribution is 2.30. The van der Waals surface area contributed by atoms with Gasteiger partial charge in [0.1, 0.15) is 5.82 Å². The van der Waals surface area contributed by atoms with Crippen LogP contribution in [-0.2, 0) is 7.05 Å². The highest BCUT2D eigenvalue weighted by atomic mass is 79.9. The molecule has 0 aliphatic heterocycles. The van der Waals surface area contributed by atoms with E-state index in [4.69, 9.17) is 0 Å². The third-order valence-corrected chi connectivity index (χ3v) is 3.86. The van der Waals surface area contributed by atoms with E-state index in [1.54, 1.807) is 37.0 Å². The summed E-state index contributed by atoms with van der Waals surface area (Å²) in [6, 6.07) is 4.88. The Hall–Kier alpha value is -0.790. The quantitative estimate of drug-likeness (QED) is 0.894. The molecule has 4 nitrogen and oxygen atoms in total. The maximum Gasteiger partial charge on any atom is 0.153 e. The lowest BCUT2D eigenvalue weighted by atomic mass is 10.0. The first-order valence-corrected chi connectivity index (χ1v) is 6.81. The fraction of sp³-hybridized carbons (Fsp3) is 0.273. The smallest absolute Gasteiger partial charge is 0.153 e. The summed E-state index contributed by atoms with van der Waals surface area (Å²) < 4.78 is 16.8. The number of hydrogen-bond acceptors (Lipinski definition) is 3. The summed E-state index contributed by atoms with van der Waals surface area (Å²) in [5.41, 5.74) is 1.31. The van der Waals surface area contributed by atoms with Gasteiger partial charge in [-0.1, -0.05) is 17.3 Å². The SMILES string of the molecule is CNC(c1cccc(Br)c1F)c1c(Br)nnn1C. The molecule has 0 aliphatic carbocycles. The van der Waals surface area contributed by atoms with Crippen LogP contribution in [0.2, 0.25) is 0 Å². The second-order valence-corrected chi connectivity index (χ2v) is 5.36. The Kier molecular flexibility index (Phi) is 4.14. The monoisotopic (exact) mass is 376 g/mol. The average molecular weight is 378 g/mol. The van der Waals surface area contributed by atoms with Crippen LogP contribution in [-0.4, -0.2) is 22.0 Å². The summed E-state index contributed by atoms with van der Waals surface area (Å²) in [7, 11) is 3.54. The molecule has 0 bridgehead atoms. The second kappa shape index (κ2) is 5.46. The van der Waals surface area contributed by atoms with E-state index in [0.717, 1.165) is 5.69 Å². The van der Waals surface area contributed by atoms with Crippen LogP contribution in [0.25, 0.3) is 0 Å². The molecule has 7 heteroatoms. The van der Waals surface area contributed by atoms with Crippen molar-refractivity contribution in [2.24, 2.45) is 7.05 Å². The molecular formula is C11H11Br2FN4. The van der Waals surface area contributed by atoms with E-state index in [9.17, 15) is 4.39 Å². The minimum absolute atomic E-state index is 0.287. The third kappa shape index (κ3) is 2.34. The molecule has 0 saturated carbocycles. The van der Waals surface area contributed by atoms with Crippen LogP contribution in [0.3, 0.4) is 0 Å². The van der Waals surface area contributed by atoms with Crippen molar-refractivity contribution in [3.05, 3.63) is 44.3 Å². The van der Waals surface area contributed by atoms with Gasteiger partial charge in [-0.3, -0.25) is 0 Å². The van der Waals surface area contributed by atoms with Gasteiger partial charge in [0.2, 0.25) is 0 Å². The van der Waals surface area contributed by atoms with E-state index >= 15 is 0 Å². The number of hydrogen-bond donors (Lipinski definition) is 1. The Labute approximate surface area is 121 Å². The van der Waals surface area contributed by atoms with Crippen molar-refractivity contribution in [3.8, 4) is 0 Å². The fourth-order valence-electron chi connectivity index (χ4n) is 1.83. The number of nitrogens with zero attached hydrogens (tertiary/aromatic N) is 3. The normalized spacial score (nSPS) is 12.7. The number of aromatic nitrogens is 3. The molecule has 0 radical (unpaired) electrons. The summed E-state index contributed by atoms with van der Waals surface area (Å²) in [6.07, 6.45) is 0. The van der Waals surface area contributed by atoms with Crippen LogP contribution in [0.4, 0.5) is 4.39 Å². The Bertz CT molecular complexity index is 551. The van der Waals surface area contributed by atoms with E-state index in [0.29, 0.717) is 14.6 Å². The van der Waals surface area contributed by atoms with Crippen LogP contribution >= 0.6 is 31.9 Å². The number of halogens is 3. The van der Waals surface area contributed by atoms with Gasteiger partial charge in [0, 0.05) is 12.6 Å². The standard InChI is InChI=1S/C11H11Br2FN4/c1-15-9(10-11(13)16-17-18(10)2)6-4-3-5-7(12)8(6)14/h3-5,9,15H,1-2H3. The number of rotatable bonds is 3. The molecule has 2 rings (SSSR count). The molecule has 1 aromatic heterocycles. The first kappa shape index (κ1) is 13.6. The van der Waals surface area contributed by atoms with Gasteiger partial charge in [-0.05, 0) is 45.0 Å². The van der Waals surface area contributed by atoms with Gasteiger partial charge in [-0.15, -0.1) is 5.10 Å². The van der Waals surface area contributed by atoms with Gasteiger partial charge in [0.15, 0.2) is 4.60 Å². The zero-order chi connectivity index (χ0) is 13.3. The predicted octanol–water partition coefficient (Wildman–Crippen LogP) is 2.79. The first-order valence-electron chi connectivity index (χ1n) is 5.22. The van der Waals surface area contributed by atoms with Gasteiger partial charge < -0.3 is 5.32 Å². The molecule has 18 heavy (non-hydrogen) atoms. The topological polar surface area (TPSA) is 42.7 Å². The Balaban J connectivity index is 2.56. The van der Waals surface area contributed by atoms with Crippen LogP contribution in [0.1, 0.15) is 17.3 Å². The van der Waals surface area contributed by atoms with Crippen molar-refractivity contribution in [1.29, 1.82) is 0 Å². The van der Waals surface area contributed by atoms with E-state index in [1.807, 2.05) is 0 Å². The Morgan fingerprint density at radius 3 is 2.67 bits per heavy atom. The van der Waals surface area contributed by atoms with Crippen molar-refractivity contribution in [3.63, 3.8) is 0 Å². The van der Waals surface area contributed by atoms with Crippen LogP contribution < -0.4 is 5.32 Å². The molecule has 2 aromatic rings. The molecule has 0 saturated heterocycles. The molecule has 0 fully saturated rings. The third-order valence-electron chi connectivity index (χ3n) is 2.68. The fourth-order valence-corrected chi connectivity index (χ4v) is 2.77. The zero-order valence-electron chi connectivity index (χ0n) is 9.78. The van der Waals surface area contributed by atoms with E-state index in [2.05, 4.69) is 47.5 Å². The van der Waals surface area contributed by atoms with Gasteiger partial charge in [0.25, 0.3) is 0 Å². The molecule has 1 atom stereocenters. The molecule has 1 heterocycles. The number of aryl methyl sites for hydroxylation is 1. The molecule has 1 aromatic carbocycles. The average Bonchev–Trinajstić information content (AvgIpc) is 2.67. The zero-order valence-corrected chi connectivity index (χ0v) is 13.0. The lowest BCUT2D eigenvalue weighted by Crippen LogP contribution is -2.22. The van der Waals surface area contributed by atoms with Crippen molar-refractivity contribution in [1.82, 2.24) is 20.3 Å². The highest BCUT2D eigenvalue weighted by Gasteiger charge is 2.23. The van der Waals surface area contributed by atoms with Crippen molar-refractivity contribution in [2.75, 3.05) is 7.05 Å². The second-order valence-electron chi connectivity index (χ2n) is 3.75. The summed E-state index contributed by atoms with van der Waals surface area (Å²) in [4.78, 5) is 0. The predicted molar refractivity (Wildman–Crippen MR) is 73.7 cm³/mol. The summed E-state index contributed by atoms with van der Waals surface area (Å²) >= 11 is 6.52. The Morgan fingerprint density at radius 1 is 1.39 bits per heavy atom. The van der Waals surface area contributed by atoms with E-state index in [1.165, 1.54) is 0 Å². The lowest BCUT2D eigenvalue weighted by Gasteiger charge is -2.18. The summed E-state index contributed by atoms with van der Waals surface area (Å²) in [5.74, 6) is -0.287. The molecule has 0 amide bonds. The van der Waals surface area contributed by atoms with Gasteiger partial charge >= 0.3 is 0 Å². The van der Waals surface area contributed by atoms with Crippen molar-refractivity contribution in [2.45, 2.75) is 6.04 Å². The molecule has 0 aliphatic rings. The minimum atomic E-state index is -0.322. The van der Waals surface area contributed by atoms with Gasteiger partial charge in [-0.25, -0.2) is 9.07 Å². The largest absolute Gasteiger partial charge is 0.308 e. The molecule has 1 unspecified atom stereocenters. The minimum Gasteiger partial charge on any atom is -0.308 e. The molecular weight excluding hydrogens is 367 g/mol.